The Bertz CT molecular complexity index is 371. The topological polar surface area (TPSA) is 13.1 Å². The van der Waals surface area contributed by atoms with Crippen LogP contribution in [0.2, 0.25) is 0 Å². The highest BCUT2D eigenvalue weighted by Gasteiger charge is 2.19. The van der Waals surface area contributed by atoms with Gasteiger partial charge in [-0.25, -0.2) is 0 Å². The van der Waals surface area contributed by atoms with Gasteiger partial charge in [0.05, 0.1) is 6.26 Å². The molecule has 13 heavy (non-hydrogen) atoms. The number of furan rings is 1. The van der Waals surface area contributed by atoms with Gasteiger partial charge in [-0.2, -0.15) is 0 Å². The van der Waals surface area contributed by atoms with Crippen molar-refractivity contribution in [1.29, 1.82) is 0 Å². The van der Waals surface area contributed by atoms with Crippen molar-refractivity contribution in [3.63, 3.8) is 0 Å². The third-order valence-corrected chi connectivity index (χ3v) is 4.32. The molecule has 0 saturated heterocycles. The molecule has 0 radical (unpaired) electrons. The van der Waals surface area contributed by atoms with Crippen LogP contribution >= 0.6 is 0 Å². The normalized spacial score (nSPS) is 22.6. The van der Waals surface area contributed by atoms with E-state index in [0.717, 1.165) is 16.0 Å². The van der Waals surface area contributed by atoms with Gasteiger partial charge in [-0.05, 0) is 25.0 Å². The van der Waals surface area contributed by atoms with Gasteiger partial charge in [0.25, 0.3) is 0 Å². The molecule has 0 aromatic carbocycles. The summed E-state index contributed by atoms with van der Waals surface area (Å²) in [6.07, 6.45) is 4.00. The van der Waals surface area contributed by atoms with Crippen LogP contribution in [0, 0.1) is 5.92 Å². The van der Waals surface area contributed by atoms with Gasteiger partial charge in [0.15, 0.2) is 0 Å². The first-order valence-corrected chi connectivity index (χ1v) is 5.63. The van der Waals surface area contributed by atoms with Crippen LogP contribution in [0.4, 0.5) is 0 Å². The van der Waals surface area contributed by atoms with Gasteiger partial charge in [0, 0.05) is 15.8 Å². The maximum atomic E-state index is 5.40. The second-order valence-corrected chi connectivity index (χ2v) is 4.76. The second-order valence-electron chi connectivity index (χ2n) is 3.68. The summed E-state index contributed by atoms with van der Waals surface area (Å²) in [4.78, 5) is 0. The van der Waals surface area contributed by atoms with E-state index in [-0.39, 0.29) is 0 Å². The molecule has 1 aliphatic carbocycles. The maximum Gasteiger partial charge on any atom is 0.133 e. The first kappa shape index (κ1) is 8.57. The molecule has 1 aromatic heterocycles. The van der Waals surface area contributed by atoms with Crippen LogP contribution in [0.15, 0.2) is 39.7 Å². The first-order valence-electron chi connectivity index (χ1n) is 4.63. The number of rotatable bonds is 1. The van der Waals surface area contributed by atoms with Crippen molar-refractivity contribution in [3.05, 3.63) is 41.0 Å². The second kappa shape index (κ2) is 3.03. The van der Waals surface area contributed by atoms with Crippen LogP contribution in [0.5, 0.6) is 0 Å². The Morgan fingerprint density at radius 3 is 2.69 bits per heavy atom. The Labute approximate surface area is 81.6 Å². The molecule has 0 spiro atoms. The largest absolute Gasteiger partial charge is 0.464 e. The van der Waals surface area contributed by atoms with Gasteiger partial charge < -0.3 is 4.42 Å². The molecule has 1 heterocycles. The van der Waals surface area contributed by atoms with Crippen LogP contribution in [0.3, 0.4) is 0 Å². The predicted molar refractivity (Wildman–Crippen MR) is 58.5 cm³/mol. The molecule has 0 fully saturated rings. The van der Waals surface area contributed by atoms with Gasteiger partial charge >= 0.3 is 0 Å². The third-order valence-electron chi connectivity index (χ3n) is 2.92. The molecule has 0 bridgehead atoms. The summed E-state index contributed by atoms with van der Waals surface area (Å²) in [6.45, 7) is 4.46. The van der Waals surface area contributed by atoms with Gasteiger partial charge in [-0.3, -0.25) is 0 Å². The Hall–Kier alpha value is -1.02. The molecule has 2 heteroatoms. The number of hydrogen-bond donors (Lipinski definition) is 0. The van der Waals surface area contributed by atoms with E-state index in [1.165, 1.54) is 11.1 Å². The zero-order chi connectivity index (χ0) is 9.42. The summed E-state index contributed by atoms with van der Waals surface area (Å²) >= 11 is 0. The quantitative estimate of drug-likeness (QED) is 0.617. The fraction of sp³-hybridized carbons (Fsp3) is 0.273. The number of hydrogen-bond acceptors (Lipinski definition) is 1. The number of allylic oxidation sites excluding steroid dienone is 4. The summed E-state index contributed by atoms with van der Waals surface area (Å²) in [6, 6.07) is 3.98. The van der Waals surface area contributed by atoms with E-state index in [0.29, 0.717) is 5.92 Å². The van der Waals surface area contributed by atoms with Crippen molar-refractivity contribution in [3.8, 4) is 0 Å². The highest BCUT2D eigenvalue weighted by molar-refractivity contribution is 6.27. The van der Waals surface area contributed by atoms with Crippen LogP contribution in [0.1, 0.15) is 19.6 Å². The fourth-order valence-electron chi connectivity index (χ4n) is 1.74. The molecular formula is C11H14OSi. The lowest BCUT2D eigenvalue weighted by molar-refractivity contribution is 0.554. The summed E-state index contributed by atoms with van der Waals surface area (Å²) in [5, 5.41) is 1.55. The summed E-state index contributed by atoms with van der Waals surface area (Å²) in [7, 11) is 1.12. The van der Waals surface area contributed by atoms with Crippen LogP contribution in [-0.2, 0) is 0 Å². The molecule has 68 valence electrons. The fourth-order valence-corrected chi connectivity index (χ4v) is 2.58. The van der Waals surface area contributed by atoms with E-state index in [2.05, 4.69) is 19.9 Å². The van der Waals surface area contributed by atoms with Gasteiger partial charge in [-0.15, -0.1) is 0 Å². The standard InChI is InChI=1S/C11H14OSi/c1-7-6-9(11(13)8(7)2)10-4-3-5-12-10/h3-6,8H,1-2,13H3. The minimum Gasteiger partial charge on any atom is -0.464 e. The third kappa shape index (κ3) is 1.31. The predicted octanol–water partition coefficient (Wildman–Crippen LogP) is 1.95. The maximum absolute atomic E-state index is 5.40. The van der Waals surface area contributed by atoms with E-state index >= 15 is 0 Å². The van der Waals surface area contributed by atoms with Gasteiger partial charge in [0.2, 0.25) is 0 Å². The zero-order valence-corrected chi connectivity index (χ0v) is 10.3. The van der Waals surface area contributed by atoms with Crippen molar-refractivity contribution in [2.75, 3.05) is 0 Å². The molecule has 0 aliphatic heterocycles. The lowest BCUT2D eigenvalue weighted by atomic mass is 10.1. The molecule has 1 atom stereocenters. The minimum absolute atomic E-state index is 0.631. The highest BCUT2D eigenvalue weighted by atomic mass is 28.1. The molecule has 1 nitrogen and oxygen atoms in total. The minimum atomic E-state index is 0.631. The Balaban J connectivity index is 2.46. The van der Waals surface area contributed by atoms with Crippen molar-refractivity contribution < 1.29 is 4.42 Å². The highest BCUT2D eigenvalue weighted by Crippen LogP contribution is 2.34. The Morgan fingerprint density at radius 1 is 1.46 bits per heavy atom. The van der Waals surface area contributed by atoms with E-state index in [4.69, 9.17) is 4.42 Å². The Morgan fingerprint density at radius 2 is 2.23 bits per heavy atom. The van der Waals surface area contributed by atoms with Crippen LogP contribution < -0.4 is 0 Å². The summed E-state index contributed by atoms with van der Waals surface area (Å²) < 4.78 is 5.40. The van der Waals surface area contributed by atoms with Crippen molar-refractivity contribution in [2.24, 2.45) is 5.92 Å². The summed E-state index contributed by atoms with van der Waals surface area (Å²) in [5.74, 6) is 1.65. The lowest BCUT2D eigenvalue weighted by Gasteiger charge is -2.06. The van der Waals surface area contributed by atoms with Crippen molar-refractivity contribution >= 4 is 15.8 Å². The lowest BCUT2D eigenvalue weighted by Crippen LogP contribution is -1.96. The van der Waals surface area contributed by atoms with E-state index in [9.17, 15) is 0 Å². The molecule has 0 amide bonds. The molecule has 1 unspecified atom stereocenters. The van der Waals surface area contributed by atoms with Crippen LogP contribution in [-0.4, -0.2) is 10.2 Å². The molecule has 1 aromatic rings. The summed E-state index contributed by atoms with van der Waals surface area (Å²) in [5.41, 5.74) is 2.78. The molecule has 1 aliphatic rings. The first-order chi connectivity index (χ1) is 6.20. The van der Waals surface area contributed by atoms with Gasteiger partial charge in [0.1, 0.15) is 5.76 Å². The molecule has 0 N–H and O–H groups in total. The molecule has 2 rings (SSSR count). The monoisotopic (exact) mass is 190 g/mol. The van der Waals surface area contributed by atoms with Crippen LogP contribution in [0.25, 0.3) is 5.57 Å². The van der Waals surface area contributed by atoms with E-state index in [1.807, 2.05) is 12.1 Å². The Kier molecular flexibility index (Phi) is 2.00. The zero-order valence-electron chi connectivity index (χ0n) is 8.29. The van der Waals surface area contributed by atoms with Crippen molar-refractivity contribution in [1.82, 2.24) is 0 Å². The van der Waals surface area contributed by atoms with Crippen molar-refractivity contribution in [2.45, 2.75) is 13.8 Å². The van der Waals surface area contributed by atoms with E-state index in [1.54, 1.807) is 11.5 Å². The van der Waals surface area contributed by atoms with E-state index < -0.39 is 0 Å². The smallest absolute Gasteiger partial charge is 0.133 e. The molecule has 0 saturated carbocycles. The van der Waals surface area contributed by atoms with Gasteiger partial charge in [-0.1, -0.05) is 23.8 Å². The SMILES string of the molecule is CC1=CC(c2ccco2)=C([SiH3])C1C. The average Bonchev–Trinajstić information content (AvgIpc) is 2.70. The average molecular weight is 190 g/mol. The molecular weight excluding hydrogens is 176 g/mol.